The number of carbonyl (C=O) groups excluding carboxylic acids is 1. The van der Waals surface area contributed by atoms with Gasteiger partial charge in [-0.25, -0.2) is 8.78 Å². The Bertz CT molecular complexity index is 488. The molecule has 0 saturated heterocycles. The number of alkyl halides is 3. The molecule has 18 heavy (non-hydrogen) atoms. The normalized spacial score (nSPS) is 10.7. The summed E-state index contributed by atoms with van der Waals surface area (Å²) in [4.78, 5) is 25.6. The fourth-order valence-electron chi connectivity index (χ4n) is 1.47. The van der Waals surface area contributed by atoms with Crippen molar-refractivity contribution in [3.05, 3.63) is 33.2 Å². The Kier molecular flexibility index (Phi) is 5.46. The zero-order chi connectivity index (χ0) is 13.7. The van der Waals surface area contributed by atoms with Gasteiger partial charge in [-0.1, -0.05) is 15.9 Å². The minimum Gasteiger partial charge on any atom is -0.466 e. The summed E-state index contributed by atoms with van der Waals surface area (Å²) in [7, 11) is 0. The standard InChI is InChI=1S/C11H12BrF2NO3/c1-2-18-8(16)3-6-5-15-7(4-12)9(10(6)17)11(13)14/h5,11H,2-4H2,1H3,(H,15,17). The zero-order valence-corrected chi connectivity index (χ0v) is 11.2. The molecule has 1 aromatic rings. The van der Waals surface area contributed by atoms with E-state index in [1.807, 2.05) is 0 Å². The number of hydrogen-bond acceptors (Lipinski definition) is 3. The molecule has 0 atom stereocenters. The zero-order valence-electron chi connectivity index (χ0n) is 9.63. The number of carbonyl (C=O) groups is 1. The monoisotopic (exact) mass is 323 g/mol. The highest BCUT2D eigenvalue weighted by Crippen LogP contribution is 2.20. The van der Waals surface area contributed by atoms with Gasteiger partial charge in [0, 0.05) is 22.8 Å². The lowest BCUT2D eigenvalue weighted by Crippen LogP contribution is -2.21. The quantitative estimate of drug-likeness (QED) is 0.668. The number of H-pyrrole nitrogens is 1. The van der Waals surface area contributed by atoms with Crippen molar-refractivity contribution >= 4 is 21.9 Å². The average molecular weight is 324 g/mol. The Morgan fingerprint density at radius 1 is 1.56 bits per heavy atom. The number of ether oxygens (including phenoxy) is 1. The van der Waals surface area contributed by atoms with Gasteiger partial charge in [0.2, 0.25) is 0 Å². The Labute approximate surface area is 110 Å². The maximum Gasteiger partial charge on any atom is 0.310 e. The number of aromatic amines is 1. The molecule has 1 N–H and O–H groups in total. The molecule has 0 radical (unpaired) electrons. The SMILES string of the molecule is CCOC(=O)Cc1c[nH]c(CBr)c(C(F)F)c1=O. The van der Waals surface area contributed by atoms with Crippen molar-refractivity contribution in [3.63, 3.8) is 0 Å². The molecule has 1 heterocycles. The van der Waals surface area contributed by atoms with Gasteiger partial charge < -0.3 is 9.72 Å². The molecular formula is C11H12BrF2NO3. The third kappa shape index (κ3) is 3.38. The van der Waals surface area contributed by atoms with E-state index in [1.165, 1.54) is 6.20 Å². The molecule has 0 fully saturated rings. The van der Waals surface area contributed by atoms with E-state index in [2.05, 4.69) is 25.7 Å². The molecule has 0 spiro atoms. The highest BCUT2D eigenvalue weighted by atomic mass is 79.9. The lowest BCUT2D eigenvalue weighted by molar-refractivity contribution is -0.142. The minimum atomic E-state index is -2.89. The number of pyridine rings is 1. The molecule has 4 nitrogen and oxygen atoms in total. The van der Waals surface area contributed by atoms with Crippen molar-refractivity contribution < 1.29 is 18.3 Å². The van der Waals surface area contributed by atoms with Gasteiger partial charge in [-0.3, -0.25) is 9.59 Å². The van der Waals surface area contributed by atoms with Crippen LogP contribution in [0.3, 0.4) is 0 Å². The molecule has 100 valence electrons. The van der Waals surface area contributed by atoms with Crippen LogP contribution in [0.2, 0.25) is 0 Å². The average Bonchev–Trinajstić information content (AvgIpc) is 2.31. The number of esters is 1. The van der Waals surface area contributed by atoms with Crippen LogP contribution in [0, 0.1) is 0 Å². The molecule has 1 rings (SSSR count). The Morgan fingerprint density at radius 2 is 2.22 bits per heavy atom. The third-order valence-corrected chi connectivity index (χ3v) is 2.83. The van der Waals surface area contributed by atoms with Crippen molar-refractivity contribution in [1.29, 1.82) is 0 Å². The van der Waals surface area contributed by atoms with Gasteiger partial charge in [0.15, 0.2) is 5.43 Å². The molecule has 0 aliphatic heterocycles. The first-order valence-corrected chi connectivity index (χ1v) is 6.36. The Hall–Kier alpha value is -1.24. The van der Waals surface area contributed by atoms with Crippen molar-refractivity contribution in [2.24, 2.45) is 0 Å². The molecule has 0 aliphatic rings. The van der Waals surface area contributed by atoms with Gasteiger partial charge >= 0.3 is 5.97 Å². The largest absolute Gasteiger partial charge is 0.466 e. The fraction of sp³-hybridized carbons (Fsp3) is 0.455. The van der Waals surface area contributed by atoms with Crippen LogP contribution >= 0.6 is 15.9 Å². The van der Waals surface area contributed by atoms with Crippen LogP contribution in [0.1, 0.15) is 30.2 Å². The molecule has 0 bridgehead atoms. The van der Waals surface area contributed by atoms with E-state index in [0.29, 0.717) is 0 Å². The highest BCUT2D eigenvalue weighted by Gasteiger charge is 2.20. The van der Waals surface area contributed by atoms with Crippen molar-refractivity contribution in [2.45, 2.75) is 25.1 Å². The van der Waals surface area contributed by atoms with Gasteiger partial charge in [-0.2, -0.15) is 0 Å². The Morgan fingerprint density at radius 3 is 2.72 bits per heavy atom. The Balaban J connectivity index is 3.13. The first kappa shape index (κ1) is 14.8. The number of nitrogens with one attached hydrogen (secondary N) is 1. The second-order valence-corrected chi connectivity index (χ2v) is 4.01. The van der Waals surface area contributed by atoms with Crippen molar-refractivity contribution in [2.75, 3.05) is 6.61 Å². The van der Waals surface area contributed by atoms with E-state index in [9.17, 15) is 18.4 Å². The molecule has 0 unspecified atom stereocenters. The predicted molar refractivity (Wildman–Crippen MR) is 65.0 cm³/mol. The van der Waals surface area contributed by atoms with E-state index in [0.717, 1.165) is 0 Å². The second kappa shape index (κ2) is 6.63. The number of halogens is 3. The lowest BCUT2D eigenvalue weighted by Gasteiger charge is -2.08. The summed E-state index contributed by atoms with van der Waals surface area (Å²) in [6.45, 7) is 1.80. The van der Waals surface area contributed by atoms with Gasteiger partial charge in [0.05, 0.1) is 18.6 Å². The first-order chi connectivity index (χ1) is 8.51. The fourth-order valence-corrected chi connectivity index (χ4v) is 1.93. The lowest BCUT2D eigenvalue weighted by atomic mass is 10.1. The molecule has 0 saturated carbocycles. The van der Waals surface area contributed by atoms with Crippen molar-refractivity contribution in [1.82, 2.24) is 4.98 Å². The van der Waals surface area contributed by atoms with Crippen LogP contribution in [0.4, 0.5) is 8.78 Å². The van der Waals surface area contributed by atoms with Crippen LogP contribution in [0.5, 0.6) is 0 Å². The summed E-state index contributed by atoms with van der Waals surface area (Å²) in [5, 5.41) is 0.113. The van der Waals surface area contributed by atoms with Gasteiger partial charge in [0.25, 0.3) is 6.43 Å². The summed E-state index contributed by atoms with van der Waals surface area (Å²) >= 11 is 3.02. The van der Waals surface area contributed by atoms with E-state index in [-0.39, 0.29) is 29.6 Å². The van der Waals surface area contributed by atoms with Gasteiger partial charge in [-0.05, 0) is 6.92 Å². The summed E-state index contributed by atoms with van der Waals surface area (Å²) in [6, 6.07) is 0. The smallest absolute Gasteiger partial charge is 0.310 e. The van der Waals surface area contributed by atoms with Gasteiger partial charge in [0.1, 0.15) is 0 Å². The summed E-state index contributed by atoms with van der Waals surface area (Å²) in [6.07, 6.45) is -1.93. The molecule has 7 heteroatoms. The minimum absolute atomic E-state index is 0.0200. The first-order valence-electron chi connectivity index (χ1n) is 5.24. The maximum absolute atomic E-state index is 12.8. The number of rotatable bonds is 5. The molecule has 0 aromatic carbocycles. The van der Waals surface area contributed by atoms with Crippen LogP contribution in [0.25, 0.3) is 0 Å². The second-order valence-electron chi connectivity index (χ2n) is 3.45. The topological polar surface area (TPSA) is 59.2 Å². The predicted octanol–water partition coefficient (Wildman–Crippen LogP) is 2.31. The number of aromatic nitrogens is 1. The van der Waals surface area contributed by atoms with Crippen LogP contribution in [0.15, 0.2) is 11.0 Å². The number of hydrogen-bond donors (Lipinski definition) is 1. The summed E-state index contributed by atoms with van der Waals surface area (Å²) < 4.78 is 30.2. The molecule has 0 aliphatic carbocycles. The van der Waals surface area contributed by atoms with E-state index >= 15 is 0 Å². The van der Waals surface area contributed by atoms with Gasteiger partial charge in [-0.15, -0.1) is 0 Å². The molecule has 1 aromatic heterocycles. The van der Waals surface area contributed by atoms with E-state index < -0.39 is 23.4 Å². The molecule has 0 amide bonds. The summed E-state index contributed by atoms with van der Waals surface area (Å²) in [5.74, 6) is -0.616. The van der Waals surface area contributed by atoms with Crippen LogP contribution in [-0.2, 0) is 21.3 Å². The van der Waals surface area contributed by atoms with Crippen LogP contribution < -0.4 is 5.43 Å². The molecular weight excluding hydrogens is 312 g/mol. The van der Waals surface area contributed by atoms with E-state index in [1.54, 1.807) is 6.92 Å². The third-order valence-electron chi connectivity index (χ3n) is 2.27. The highest BCUT2D eigenvalue weighted by molar-refractivity contribution is 9.08. The summed E-state index contributed by atoms with van der Waals surface area (Å²) in [5.41, 5.74) is -1.32. The maximum atomic E-state index is 12.8. The van der Waals surface area contributed by atoms with Crippen LogP contribution in [-0.4, -0.2) is 17.6 Å². The van der Waals surface area contributed by atoms with E-state index in [4.69, 9.17) is 0 Å². The van der Waals surface area contributed by atoms with Crippen molar-refractivity contribution in [3.8, 4) is 0 Å².